The van der Waals surface area contributed by atoms with Gasteiger partial charge in [0.15, 0.2) is 11.5 Å². The normalized spacial score (nSPS) is 10.4. The van der Waals surface area contributed by atoms with Crippen molar-refractivity contribution in [2.45, 2.75) is 13.2 Å². The van der Waals surface area contributed by atoms with Gasteiger partial charge in [-0.05, 0) is 24.3 Å². The van der Waals surface area contributed by atoms with Crippen LogP contribution in [0.25, 0.3) is 0 Å². The molecule has 0 spiro atoms. The molecule has 0 aliphatic carbocycles. The smallest absolute Gasteiger partial charge is 0.206 e. The first kappa shape index (κ1) is 23.4. The van der Waals surface area contributed by atoms with Crippen molar-refractivity contribution in [3.05, 3.63) is 82.7 Å². The minimum atomic E-state index is -0.642. The maximum Gasteiger partial charge on any atom is 0.206 e. The molecule has 0 aliphatic heterocycles. The molecule has 0 saturated carbocycles. The van der Waals surface area contributed by atoms with E-state index in [1.54, 1.807) is 42.5 Å². The average molecular weight is 452 g/mol. The molecule has 0 radical (unpaired) electrons. The van der Waals surface area contributed by atoms with E-state index in [4.69, 9.17) is 41.2 Å². The standard InChI is InChI=1S/C24H25FN4O4/c1-30-20-10-14(23(26)27)6-8-16(20)12-32-18-4-3-5-19(22(18)25)33-13-17-9-7-15(24(28)29)11-21(17)31-2/h3-11H,12-13H2,1-2H3,(H3,26,27)(H3,28,29). The molecule has 0 aromatic heterocycles. The lowest BCUT2D eigenvalue weighted by Crippen LogP contribution is -2.12. The molecule has 0 aliphatic rings. The summed E-state index contributed by atoms with van der Waals surface area (Å²) in [7, 11) is 2.99. The molecule has 0 saturated heterocycles. The van der Waals surface area contributed by atoms with Crippen LogP contribution >= 0.6 is 0 Å². The maximum absolute atomic E-state index is 15.0. The van der Waals surface area contributed by atoms with Crippen LogP contribution < -0.4 is 30.4 Å². The molecule has 8 nitrogen and oxygen atoms in total. The molecule has 3 rings (SSSR count). The zero-order valence-corrected chi connectivity index (χ0v) is 18.3. The van der Waals surface area contributed by atoms with Crippen LogP contribution in [0, 0.1) is 16.6 Å². The number of ether oxygens (including phenoxy) is 4. The van der Waals surface area contributed by atoms with Gasteiger partial charge in [-0.15, -0.1) is 0 Å². The number of hydrogen-bond donors (Lipinski definition) is 4. The van der Waals surface area contributed by atoms with E-state index in [-0.39, 0.29) is 36.4 Å². The first-order valence-electron chi connectivity index (χ1n) is 9.90. The van der Waals surface area contributed by atoms with Crippen LogP contribution in [0.1, 0.15) is 22.3 Å². The Bertz CT molecular complexity index is 1100. The molecule has 0 bridgehead atoms. The topological polar surface area (TPSA) is 137 Å². The highest BCUT2D eigenvalue weighted by Gasteiger charge is 2.14. The van der Waals surface area contributed by atoms with Gasteiger partial charge in [0.05, 0.1) is 14.2 Å². The van der Waals surface area contributed by atoms with Gasteiger partial charge >= 0.3 is 0 Å². The molecular formula is C24H25FN4O4. The second-order valence-electron chi connectivity index (χ2n) is 7.03. The van der Waals surface area contributed by atoms with Crippen LogP contribution in [-0.2, 0) is 13.2 Å². The van der Waals surface area contributed by atoms with E-state index in [0.29, 0.717) is 33.8 Å². The van der Waals surface area contributed by atoms with Gasteiger partial charge in [-0.2, -0.15) is 4.39 Å². The number of halogens is 1. The molecule has 0 unspecified atom stereocenters. The van der Waals surface area contributed by atoms with Crippen molar-refractivity contribution in [1.29, 1.82) is 10.8 Å². The van der Waals surface area contributed by atoms with E-state index in [0.717, 1.165) is 0 Å². The summed E-state index contributed by atoms with van der Waals surface area (Å²) in [5, 5.41) is 15.1. The van der Waals surface area contributed by atoms with Crippen molar-refractivity contribution >= 4 is 11.7 Å². The van der Waals surface area contributed by atoms with Gasteiger partial charge in [0.2, 0.25) is 5.82 Å². The van der Waals surface area contributed by atoms with Crippen LogP contribution in [0.15, 0.2) is 54.6 Å². The predicted molar refractivity (Wildman–Crippen MR) is 123 cm³/mol. The van der Waals surface area contributed by atoms with E-state index in [9.17, 15) is 4.39 Å². The van der Waals surface area contributed by atoms with Crippen molar-refractivity contribution in [2.24, 2.45) is 11.5 Å². The summed E-state index contributed by atoms with van der Waals surface area (Å²) in [4.78, 5) is 0. The first-order valence-corrected chi connectivity index (χ1v) is 9.90. The van der Waals surface area contributed by atoms with Crippen molar-refractivity contribution in [1.82, 2.24) is 0 Å². The zero-order chi connectivity index (χ0) is 24.0. The largest absolute Gasteiger partial charge is 0.496 e. The minimum absolute atomic E-state index is 0.0177. The lowest BCUT2D eigenvalue weighted by molar-refractivity contribution is 0.257. The third-order valence-electron chi connectivity index (χ3n) is 4.89. The molecule has 0 atom stereocenters. The van der Waals surface area contributed by atoms with Crippen LogP contribution in [0.2, 0.25) is 0 Å². The Hall–Kier alpha value is -4.27. The molecule has 3 aromatic rings. The summed E-state index contributed by atoms with van der Waals surface area (Å²) < 4.78 is 37.0. The Morgan fingerprint density at radius 3 is 1.52 bits per heavy atom. The van der Waals surface area contributed by atoms with Crippen molar-refractivity contribution in [3.8, 4) is 23.0 Å². The number of rotatable bonds is 10. The zero-order valence-electron chi connectivity index (χ0n) is 18.3. The second kappa shape index (κ2) is 10.4. The van der Waals surface area contributed by atoms with E-state index in [1.165, 1.54) is 26.4 Å². The SMILES string of the molecule is COc1cc(C(=N)N)ccc1COc1cccc(OCc2ccc(C(=N)N)cc2OC)c1F. The number of nitrogen functional groups attached to an aromatic ring is 2. The van der Waals surface area contributed by atoms with E-state index >= 15 is 0 Å². The Kier molecular flexibility index (Phi) is 7.34. The van der Waals surface area contributed by atoms with Crippen molar-refractivity contribution in [3.63, 3.8) is 0 Å². The quantitative estimate of drug-likeness (QED) is 0.274. The number of benzene rings is 3. The molecule has 172 valence electrons. The summed E-state index contributed by atoms with van der Waals surface area (Å²) >= 11 is 0. The number of nitrogens with one attached hydrogen (secondary N) is 2. The summed E-state index contributed by atoms with van der Waals surface area (Å²) in [6, 6.07) is 14.6. The van der Waals surface area contributed by atoms with Gasteiger partial charge in [-0.3, -0.25) is 10.8 Å². The fraction of sp³-hybridized carbons (Fsp3) is 0.167. The fourth-order valence-corrected chi connectivity index (χ4v) is 3.09. The maximum atomic E-state index is 15.0. The van der Waals surface area contributed by atoms with Crippen LogP contribution in [0.3, 0.4) is 0 Å². The van der Waals surface area contributed by atoms with Gasteiger partial charge in [0, 0.05) is 22.3 Å². The lowest BCUT2D eigenvalue weighted by atomic mass is 10.1. The Morgan fingerprint density at radius 1 is 0.727 bits per heavy atom. The van der Waals surface area contributed by atoms with Crippen LogP contribution in [0.4, 0.5) is 4.39 Å². The monoisotopic (exact) mass is 452 g/mol. The van der Waals surface area contributed by atoms with E-state index in [2.05, 4.69) is 0 Å². The van der Waals surface area contributed by atoms with Crippen LogP contribution in [0.5, 0.6) is 23.0 Å². The highest BCUT2D eigenvalue weighted by atomic mass is 19.1. The Morgan fingerprint density at radius 2 is 1.15 bits per heavy atom. The molecule has 3 aromatic carbocycles. The minimum Gasteiger partial charge on any atom is -0.496 e. The van der Waals surface area contributed by atoms with Gasteiger partial charge in [0.1, 0.15) is 36.4 Å². The molecule has 6 N–H and O–H groups in total. The number of amidine groups is 2. The van der Waals surface area contributed by atoms with Gasteiger partial charge in [-0.1, -0.05) is 30.3 Å². The second-order valence-corrected chi connectivity index (χ2v) is 7.03. The summed E-state index contributed by atoms with van der Waals surface area (Å²) in [5.41, 5.74) is 13.4. The van der Waals surface area contributed by atoms with Crippen molar-refractivity contribution < 1.29 is 23.3 Å². The lowest BCUT2D eigenvalue weighted by Gasteiger charge is -2.15. The van der Waals surface area contributed by atoms with E-state index in [1.807, 2.05) is 0 Å². The number of nitrogens with two attached hydrogens (primary N) is 2. The third-order valence-corrected chi connectivity index (χ3v) is 4.89. The molecule has 33 heavy (non-hydrogen) atoms. The predicted octanol–water partition coefficient (Wildman–Crippen LogP) is 3.57. The Balaban J connectivity index is 1.73. The number of hydrogen-bond acceptors (Lipinski definition) is 6. The molecular weight excluding hydrogens is 427 g/mol. The highest BCUT2D eigenvalue weighted by Crippen LogP contribution is 2.30. The fourth-order valence-electron chi connectivity index (χ4n) is 3.09. The van der Waals surface area contributed by atoms with Gasteiger partial charge in [-0.25, -0.2) is 0 Å². The molecule has 0 amide bonds. The van der Waals surface area contributed by atoms with E-state index < -0.39 is 5.82 Å². The number of methoxy groups -OCH3 is 2. The molecule has 0 heterocycles. The van der Waals surface area contributed by atoms with Crippen LogP contribution in [-0.4, -0.2) is 25.9 Å². The molecule has 9 heteroatoms. The summed E-state index contributed by atoms with van der Waals surface area (Å²) in [6.07, 6.45) is 0. The Labute approximate surface area is 190 Å². The van der Waals surface area contributed by atoms with Gasteiger partial charge in [0.25, 0.3) is 0 Å². The van der Waals surface area contributed by atoms with Crippen molar-refractivity contribution in [2.75, 3.05) is 14.2 Å². The first-order chi connectivity index (χ1) is 15.8. The van der Waals surface area contributed by atoms with Gasteiger partial charge < -0.3 is 30.4 Å². The summed E-state index contributed by atoms with van der Waals surface area (Å²) in [6.45, 7) is 0.0874. The third kappa shape index (κ3) is 5.51. The average Bonchev–Trinajstić information content (AvgIpc) is 2.82. The summed E-state index contributed by atoms with van der Waals surface area (Å²) in [5.74, 6) is 0.200. The highest BCUT2D eigenvalue weighted by molar-refractivity contribution is 5.95. The molecule has 0 fully saturated rings.